The Balaban J connectivity index is 1.74. The maximum Gasteiger partial charge on any atom is 0.358 e. The molecule has 0 spiro atoms. The van der Waals surface area contributed by atoms with E-state index in [0.29, 0.717) is 12.2 Å². The summed E-state index contributed by atoms with van der Waals surface area (Å²) in [6.45, 7) is 0.104. The molecule has 2 aliphatic heterocycles. The van der Waals surface area contributed by atoms with E-state index in [1.807, 2.05) is 30.3 Å². The van der Waals surface area contributed by atoms with E-state index in [0.717, 1.165) is 5.56 Å². The molecule has 0 N–H and O–H groups in total. The van der Waals surface area contributed by atoms with Crippen LogP contribution in [0.4, 0.5) is 0 Å². The highest BCUT2D eigenvalue weighted by atomic mass is 16.5. The summed E-state index contributed by atoms with van der Waals surface area (Å²) in [5.74, 6) is -0.662. The molecule has 2 unspecified atom stereocenters. The van der Waals surface area contributed by atoms with Gasteiger partial charge in [0.25, 0.3) is 0 Å². The molecule has 0 radical (unpaired) electrons. The van der Waals surface area contributed by atoms with Crippen molar-refractivity contribution in [2.24, 2.45) is 5.11 Å². The molecule has 1 aromatic carbocycles. The number of ether oxygens (including phenoxy) is 2. The normalized spacial score (nSPS) is 22.1. The second kappa shape index (κ2) is 6.02. The molecule has 2 aliphatic rings. The van der Waals surface area contributed by atoms with E-state index in [1.165, 1.54) is 12.0 Å². The highest BCUT2D eigenvalue weighted by Crippen LogP contribution is 2.40. The van der Waals surface area contributed by atoms with Gasteiger partial charge in [0, 0.05) is 11.3 Å². The zero-order valence-electron chi connectivity index (χ0n) is 12.4. The van der Waals surface area contributed by atoms with Gasteiger partial charge in [0.15, 0.2) is 5.70 Å². The fourth-order valence-corrected chi connectivity index (χ4v) is 2.80. The van der Waals surface area contributed by atoms with Crippen molar-refractivity contribution in [1.29, 1.82) is 0 Å². The van der Waals surface area contributed by atoms with E-state index < -0.39 is 17.9 Å². The van der Waals surface area contributed by atoms with Crippen LogP contribution in [0.2, 0.25) is 0 Å². The van der Waals surface area contributed by atoms with Gasteiger partial charge < -0.3 is 9.47 Å². The largest absolute Gasteiger partial charge is 0.499 e. The Morgan fingerprint density at radius 3 is 2.83 bits per heavy atom. The Labute approximate surface area is 131 Å². The van der Waals surface area contributed by atoms with Gasteiger partial charge in [0.05, 0.1) is 13.2 Å². The number of β-lactam (4-membered cyclic amide) rings is 1. The molecule has 1 amide bonds. The van der Waals surface area contributed by atoms with Crippen LogP contribution in [0, 0.1) is 0 Å². The first-order valence-electron chi connectivity index (χ1n) is 7.03. The molecule has 0 saturated carbocycles. The van der Waals surface area contributed by atoms with Crippen LogP contribution in [0.15, 0.2) is 46.9 Å². The predicted molar refractivity (Wildman–Crippen MR) is 78.5 cm³/mol. The standard InChI is InChI=1S/C15H14N4O4/c1-22-11-7-10-12(17-18-16)14(20)19(10)13(11)15(21)23-8-9-5-3-2-4-6-9/h2-6,10,12H,7-8H2,1H3. The maximum absolute atomic E-state index is 12.3. The van der Waals surface area contributed by atoms with Crippen LogP contribution in [0.25, 0.3) is 10.4 Å². The molecule has 0 bridgehead atoms. The first-order chi connectivity index (χ1) is 11.2. The Morgan fingerprint density at radius 2 is 2.17 bits per heavy atom. The zero-order chi connectivity index (χ0) is 16.4. The molecule has 1 saturated heterocycles. The van der Waals surface area contributed by atoms with E-state index in [4.69, 9.17) is 15.0 Å². The van der Waals surface area contributed by atoms with Crippen LogP contribution in [-0.4, -0.2) is 36.0 Å². The molecular weight excluding hydrogens is 300 g/mol. The number of carbonyl (C=O) groups is 2. The van der Waals surface area contributed by atoms with Crippen LogP contribution in [0.1, 0.15) is 12.0 Å². The molecule has 0 aliphatic carbocycles. The van der Waals surface area contributed by atoms with Gasteiger partial charge in [0.1, 0.15) is 18.4 Å². The van der Waals surface area contributed by atoms with E-state index in [1.54, 1.807) is 0 Å². The van der Waals surface area contributed by atoms with Crippen molar-refractivity contribution in [3.63, 3.8) is 0 Å². The van der Waals surface area contributed by atoms with Crippen molar-refractivity contribution in [3.8, 4) is 0 Å². The summed E-state index contributed by atoms with van der Waals surface area (Å²) in [6.07, 6.45) is 0.335. The molecule has 23 heavy (non-hydrogen) atoms. The Morgan fingerprint density at radius 1 is 1.43 bits per heavy atom. The van der Waals surface area contributed by atoms with Crippen molar-refractivity contribution in [1.82, 2.24) is 4.90 Å². The minimum atomic E-state index is -0.787. The van der Waals surface area contributed by atoms with E-state index >= 15 is 0 Å². The molecular formula is C15H14N4O4. The van der Waals surface area contributed by atoms with Crippen LogP contribution < -0.4 is 0 Å². The van der Waals surface area contributed by atoms with Crippen molar-refractivity contribution >= 4 is 11.9 Å². The van der Waals surface area contributed by atoms with Crippen LogP contribution in [0.5, 0.6) is 0 Å². The number of benzene rings is 1. The van der Waals surface area contributed by atoms with E-state index in [-0.39, 0.29) is 18.3 Å². The summed E-state index contributed by atoms with van der Waals surface area (Å²) in [5.41, 5.74) is 9.44. The lowest BCUT2D eigenvalue weighted by molar-refractivity contribution is -0.152. The fraction of sp³-hybridized carbons (Fsp3) is 0.333. The topological polar surface area (TPSA) is 105 Å². The lowest BCUT2D eigenvalue weighted by Crippen LogP contribution is -2.61. The van der Waals surface area contributed by atoms with E-state index in [9.17, 15) is 9.59 Å². The number of esters is 1. The molecule has 2 atom stereocenters. The highest BCUT2D eigenvalue weighted by Gasteiger charge is 2.55. The number of hydrogen-bond donors (Lipinski definition) is 0. The number of carbonyl (C=O) groups excluding carboxylic acids is 2. The SMILES string of the molecule is COC1=C(C(=O)OCc2ccccc2)N2C(=O)C(N=[N+]=[N-])C2C1. The lowest BCUT2D eigenvalue weighted by atomic mass is 9.96. The third kappa shape index (κ3) is 2.49. The smallest absolute Gasteiger partial charge is 0.358 e. The Bertz CT molecular complexity index is 724. The summed E-state index contributed by atoms with van der Waals surface area (Å²) in [5, 5.41) is 3.46. The van der Waals surface area contributed by atoms with Crippen LogP contribution in [-0.2, 0) is 25.7 Å². The molecule has 3 rings (SSSR count). The van der Waals surface area contributed by atoms with Gasteiger partial charge in [0.2, 0.25) is 5.91 Å². The zero-order valence-corrected chi connectivity index (χ0v) is 12.4. The number of rotatable bonds is 5. The fourth-order valence-electron chi connectivity index (χ4n) is 2.80. The number of methoxy groups -OCH3 is 1. The third-order valence-electron chi connectivity index (χ3n) is 3.91. The minimum absolute atomic E-state index is 0.0998. The summed E-state index contributed by atoms with van der Waals surface area (Å²) in [4.78, 5) is 28.3. The van der Waals surface area contributed by atoms with Crippen molar-refractivity contribution in [3.05, 3.63) is 57.8 Å². The second-order valence-corrected chi connectivity index (χ2v) is 5.17. The number of fused-ring (bicyclic) bond motifs is 1. The highest BCUT2D eigenvalue weighted by molar-refractivity contribution is 6.01. The molecule has 8 heteroatoms. The molecule has 0 aromatic heterocycles. The summed E-state index contributed by atoms with van der Waals surface area (Å²) >= 11 is 0. The van der Waals surface area contributed by atoms with E-state index in [2.05, 4.69) is 10.0 Å². The molecule has 1 aromatic rings. The van der Waals surface area contributed by atoms with Gasteiger partial charge in [-0.05, 0) is 11.1 Å². The summed E-state index contributed by atoms with van der Waals surface area (Å²) in [7, 11) is 1.43. The Hall–Kier alpha value is -2.99. The monoisotopic (exact) mass is 314 g/mol. The molecule has 118 valence electrons. The number of hydrogen-bond acceptors (Lipinski definition) is 5. The van der Waals surface area contributed by atoms with Crippen molar-refractivity contribution < 1.29 is 19.1 Å². The van der Waals surface area contributed by atoms with Gasteiger partial charge >= 0.3 is 5.97 Å². The van der Waals surface area contributed by atoms with Crippen LogP contribution >= 0.6 is 0 Å². The van der Waals surface area contributed by atoms with Crippen LogP contribution in [0.3, 0.4) is 0 Å². The van der Waals surface area contributed by atoms with Crippen molar-refractivity contribution in [2.75, 3.05) is 7.11 Å². The van der Waals surface area contributed by atoms with Gasteiger partial charge in [-0.3, -0.25) is 9.69 Å². The van der Waals surface area contributed by atoms with Gasteiger partial charge in [-0.1, -0.05) is 35.4 Å². The maximum atomic E-state index is 12.3. The summed E-state index contributed by atoms with van der Waals surface area (Å²) < 4.78 is 10.5. The number of nitrogens with zero attached hydrogens (tertiary/aromatic N) is 4. The second-order valence-electron chi connectivity index (χ2n) is 5.17. The minimum Gasteiger partial charge on any atom is -0.499 e. The first kappa shape index (κ1) is 14.9. The number of amides is 1. The number of azide groups is 1. The Kier molecular flexibility index (Phi) is 3.91. The molecule has 8 nitrogen and oxygen atoms in total. The van der Waals surface area contributed by atoms with Crippen molar-refractivity contribution in [2.45, 2.75) is 25.1 Å². The molecule has 2 heterocycles. The summed E-state index contributed by atoms with van der Waals surface area (Å²) in [6, 6.07) is 8.08. The van der Waals surface area contributed by atoms with Gasteiger partial charge in [-0.2, -0.15) is 0 Å². The molecule has 1 fully saturated rings. The first-order valence-corrected chi connectivity index (χ1v) is 7.03. The lowest BCUT2D eigenvalue weighted by Gasteiger charge is -2.40. The average molecular weight is 314 g/mol. The van der Waals surface area contributed by atoms with Gasteiger partial charge in [-0.25, -0.2) is 4.79 Å². The third-order valence-corrected chi connectivity index (χ3v) is 3.91. The van der Waals surface area contributed by atoms with Gasteiger partial charge in [-0.15, -0.1) is 0 Å². The average Bonchev–Trinajstić information content (AvgIpc) is 2.93. The predicted octanol–water partition coefficient (Wildman–Crippen LogP) is 1.88. The quantitative estimate of drug-likeness (QED) is 0.272.